The lowest BCUT2D eigenvalue weighted by Gasteiger charge is -2.18. The summed E-state index contributed by atoms with van der Waals surface area (Å²) in [4.78, 5) is 13.8. The summed E-state index contributed by atoms with van der Waals surface area (Å²) < 4.78 is 0. The van der Waals surface area contributed by atoms with Crippen LogP contribution in [0, 0.1) is 12.3 Å². The number of carbonyl (C=O) groups is 1. The lowest BCUT2D eigenvalue weighted by atomic mass is 10.3. The summed E-state index contributed by atoms with van der Waals surface area (Å²) in [6, 6.07) is 0.591. The number of terminal acetylenes is 1. The maximum absolute atomic E-state index is 11.4. The van der Waals surface area contributed by atoms with Crippen molar-refractivity contribution >= 4 is 5.91 Å². The lowest BCUT2D eigenvalue weighted by Crippen LogP contribution is -2.44. The Balaban J connectivity index is 2.06. The Morgan fingerprint density at radius 1 is 1.62 bits per heavy atom. The molecule has 0 radical (unpaired) electrons. The maximum Gasteiger partial charge on any atom is 0.237 e. The van der Waals surface area contributed by atoms with E-state index in [1.54, 1.807) is 0 Å². The first kappa shape index (κ1) is 13.0. The van der Waals surface area contributed by atoms with Gasteiger partial charge in [-0.25, -0.2) is 0 Å². The summed E-state index contributed by atoms with van der Waals surface area (Å²) in [5.41, 5.74) is 0. The Morgan fingerprint density at radius 3 is 2.88 bits per heavy atom. The molecule has 0 aromatic rings. The molecule has 0 aromatic heterocycles. The number of hydrogen-bond acceptors (Lipinski definition) is 3. The highest BCUT2D eigenvalue weighted by atomic mass is 16.2. The summed E-state index contributed by atoms with van der Waals surface area (Å²) >= 11 is 0. The molecule has 0 aromatic carbocycles. The van der Waals surface area contributed by atoms with E-state index in [-0.39, 0.29) is 11.9 Å². The second-order valence-electron chi connectivity index (χ2n) is 4.31. The monoisotopic (exact) mass is 223 g/mol. The van der Waals surface area contributed by atoms with Gasteiger partial charge in [-0.3, -0.25) is 4.79 Å². The molecule has 0 bridgehead atoms. The number of nitrogens with one attached hydrogen (secondary N) is 2. The van der Waals surface area contributed by atoms with Gasteiger partial charge in [0.15, 0.2) is 0 Å². The minimum atomic E-state index is -0.180. The van der Waals surface area contributed by atoms with Gasteiger partial charge in [-0.2, -0.15) is 0 Å². The third kappa shape index (κ3) is 4.65. The molecule has 1 aliphatic carbocycles. The van der Waals surface area contributed by atoms with E-state index in [2.05, 4.69) is 28.5 Å². The van der Waals surface area contributed by atoms with Crippen molar-refractivity contribution < 1.29 is 4.79 Å². The molecule has 16 heavy (non-hydrogen) atoms. The standard InChI is InChI=1S/C12H21N3O/c1-4-7-14-12(16)10(2)13-8-9-15(3)11-5-6-11/h1,10-11,13H,5-9H2,2-3H3,(H,14,16). The predicted molar refractivity (Wildman–Crippen MR) is 65.0 cm³/mol. The first-order valence-corrected chi connectivity index (χ1v) is 5.80. The predicted octanol–water partition coefficient (Wildman–Crippen LogP) is -0.192. The molecule has 0 saturated heterocycles. The van der Waals surface area contributed by atoms with Gasteiger partial charge < -0.3 is 15.5 Å². The van der Waals surface area contributed by atoms with E-state index in [0.717, 1.165) is 19.1 Å². The van der Waals surface area contributed by atoms with E-state index in [4.69, 9.17) is 6.42 Å². The highest BCUT2D eigenvalue weighted by Gasteiger charge is 2.25. The fraction of sp³-hybridized carbons (Fsp3) is 0.750. The molecule has 1 aliphatic rings. The Morgan fingerprint density at radius 2 is 2.31 bits per heavy atom. The molecule has 1 fully saturated rings. The molecule has 1 rings (SSSR count). The molecule has 0 spiro atoms. The topological polar surface area (TPSA) is 44.4 Å². The van der Waals surface area contributed by atoms with E-state index in [1.165, 1.54) is 12.8 Å². The Hall–Kier alpha value is -1.05. The van der Waals surface area contributed by atoms with Crippen molar-refractivity contribution in [2.24, 2.45) is 0 Å². The Labute approximate surface area is 97.8 Å². The fourth-order valence-electron chi connectivity index (χ4n) is 1.54. The van der Waals surface area contributed by atoms with Gasteiger partial charge in [-0.15, -0.1) is 6.42 Å². The minimum Gasteiger partial charge on any atom is -0.344 e. The molecule has 90 valence electrons. The second-order valence-corrected chi connectivity index (χ2v) is 4.31. The van der Waals surface area contributed by atoms with Crippen LogP contribution >= 0.6 is 0 Å². The lowest BCUT2D eigenvalue weighted by molar-refractivity contribution is -0.122. The molecule has 4 nitrogen and oxygen atoms in total. The average molecular weight is 223 g/mol. The Kier molecular flexibility index (Phi) is 5.30. The smallest absolute Gasteiger partial charge is 0.237 e. The molecule has 4 heteroatoms. The van der Waals surface area contributed by atoms with Crippen LogP contribution in [0.3, 0.4) is 0 Å². The van der Waals surface area contributed by atoms with Gasteiger partial charge in [0, 0.05) is 19.1 Å². The quantitative estimate of drug-likeness (QED) is 0.588. The first-order chi connectivity index (χ1) is 7.65. The van der Waals surface area contributed by atoms with Crippen LogP contribution in [0.5, 0.6) is 0 Å². The molecule has 1 unspecified atom stereocenters. The van der Waals surface area contributed by atoms with Crippen LogP contribution in [0.1, 0.15) is 19.8 Å². The summed E-state index contributed by atoms with van der Waals surface area (Å²) in [5, 5.41) is 5.84. The van der Waals surface area contributed by atoms with Crippen molar-refractivity contribution in [2.75, 3.05) is 26.7 Å². The molecule has 1 atom stereocenters. The van der Waals surface area contributed by atoms with Crippen molar-refractivity contribution in [1.82, 2.24) is 15.5 Å². The number of carbonyl (C=O) groups excluding carboxylic acids is 1. The molecule has 0 aliphatic heterocycles. The summed E-state index contributed by atoms with van der Waals surface area (Å²) in [5.74, 6) is 2.35. The van der Waals surface area contributed by atoms with E-state index < -0.39 is 0 Å². The van der Waals surface area contributed by atoms with Crippen LogP contribution in [-0.2, 0) is 4.79 Å². The summed E-state index contributed by atoms with van der Waals surface area (Å²) in [6.45, 7) is 3.96. The van der Waals surface area contributed by atoms with Crippen molar-refractivity contribution in [2.45, 2.75) is 31.8 Å². The van der Waals surface area contributed by atoms with Crippen molar-refractivity contribution in [3.63, 3.8) is 0 Å². The normalized spacial score (nSPS) is 16.9. The zero-order valence-electron chi connectivity index (χ0n) is 10.1. The van der Waals surface area contributed by atoms with Crippen molar-refractivity contribution in [3.05, 3.63) is 0 Å². The fourth-order valence-corrected chi connectivity index (χ4v) is 1.54. The summed E-state index contributed by atoms with van der Waals surface area (Å²) in [7, 11) is 2.13. The van der Waals surface area contributed by atoms with E-state index in [9.17, 15) is 4.79 Å². The van der Waals surface area contributed by atoms with Crippen LogP contribution in [0.2, 0.25) is 0 Å². The van der Waals surface area contributed by atoms with Crippen LogP contribution in [0.15, 0.2) is 0 Å². The van der Waals surface area contributed by atoms with Gasteiger partial charge in [-0.1, -0.05) is 5.92 Å². The second kappa shape index (κ2) is 6.51. The largest absolute Gasteiger partial charge is 0.344 e. The molecular weight excluding hydrogens is 202 g/mol. The molecule has 1 amide bonds. The van der Waals surface area contributed by atoms with Crippen LogP contribution in [0.25, 0.3) is 0 Å². The zero-order chi connectivity index (χ0) is 12.0. The van der Waals surface area contributed by atoms with Gasteiger partial charge in [0.1, 0.15) is 0 Å². The maximum atomic E-state index is 11.4. The van der Waals surface area contributed by atoms with Crippen LogP contribution < -0.4 is 10.6 Å². The SMILES string of the molecule is C#CCNC(=O)C(C)NCCN(C)C1CC1. The highest BCUT2D eigenvalue weighted by molar-refractivity contribution is 5.81. The number of rotatable bonds is 7. The van der Waals surface area contributed by atoms with Gasteiger partial charge in [-0.05, 0) is 26.8 Å². The number of hydrogen-bond donors (Lipinski definition) is 2. The van der Waals surface area contributed by atoms with Crippen molar-refractivity contribution in [3.8, 4) is 12.3 Å². The number of likely N-dealkylation sites (N-methyl/N-ethyl adjacent to an activating group) is 1. The van der Waals surface area contributed by atoms with E-state index in [0.29, 0.717) is 6.54 Å². The number of amides is 1. The van der Waals surface area contributed by atoms with E-state index >= 15 is 0 Å². The molecular formula is C12H21N3O. The third-order valence-corrected chi connectivity index (χ3v) is 2.84. The van der Waals surface area contributed by atoms with Gasteiger partial charge >= 0.3 is 0 Å². The van der Waals surface area contributed by atoms with Gasteiger partial charge in [0.2, 0.25) is 5.91 Å². The average Bonchev–Trinajstić information content (AvgIpc) is 3.09. The highest BCUT2D eigenvalue weighted by Crippen LogP contribution is 2.24. The summed E-state index contributed by atoms with van der Waals surface area (Å²) in [6.07, 6.45) is 7.69. The zero-order valence-corrected chi connectivity index (χ0v) is 10.1. The van der Waals surface area contributed by atoms with Gasteiger partial charge in [0.05, 0.1) is 12.6 Å². The third-order valence-electron chi connectivity index (χ3n) is 2.84. The number of nitrogens with zero attached hydrogens (tertiary/aromatic N) is 1. The first-order valence-electron chi connectivity index (χ1n) is 5.80. The van der Waals surface area contributed by atoms with Crippen LogP contribution in [-0.4, -0.2) is 49.6 Å². The molecule has 2 N–H and O–H groups in total. The molecule has 0 heterocycles. The van der Waals surface area contributed by atoms with Crippen LogP contribution in [0.4, 0.5) is 0 Å². The van der Waals surface area contributed by atoms with Gasteiger partial charge in [0.25, 0.3) is 0 Å². The van der Waals surface area contributed by atoms with E-state index in [1.807, 2.05) is 6.92 Å². The molecule has 1 saturated carbocycles. The Bertz CT molecular complexity index is 268. The van der Waals surface area contributed by atoms with Crippen molar-refractivity contribution in [1.29, 1.82) is 0 Å². The minimum absolute atomic E-state index is 0.0352.